The monoisotopic (exact) mass is 349 g/mol. The number of pyridine rings is 1. The van der Waals surface area contributed by atoms with Crippen molar-refractivity contribution in [3.05, 3.63) is 77.0 Å². The molecule has 26 heavy (non-hydrogen) atoms. The molecule has 134 valence electrons. The Kier molecular flexibility index (Phi) is 5.79. The number of nitrogens with one attached hydrogen (secondary N) is 1. The van der Waals surface area contributed by atoms with E-state index < -0.39 is 0 Å². The third-order valence-corrected chi connectivity index (χ3v) is 4.49. The van der Waals surface area contributed by atoms with Gasteiger partial charge in [0, 0.05) is 42.2 Å². The maximum atomic E-state index is 12.5. The summed E-state index contributed by atoms with van der Waals surface area (Å²) in [6, 6.07) is 12.5. The molecular weight excluding hydrogens is 326 g/mol. The van der Waals surface area contributed by atoms with Crippen molar-refractivity contribution in [2.75, 3.05) is 13.1 Å². The van der Waals surface area contributed by atoms with Crippen LogP contribution in [0.5, 0.6) is 0 Å². The summed E-state index contributed by atoms with van der Waals surface area (Å²) in [6.07, 6.45) is 6.65. The molecule has 3 rings (SSSR count). The highest BCUT2D eigenvalue weighted by Gasteiger charge is 2.18. The first-order chi connectivity index (χ1) is 12.6. The molecule has 2 heterocycles. The van der Waals surface area contributed by atoms with Crippen molar-refractivity contribution in [1.82, 2.24) is 9.88 Å². The fraction of sp³-hybridized carbons (Fsp3) is 0.286. The van der Waals surface area contributed by atoms with Crippen molar-refractivity contribution in [2.45, 2.75) is 26.2 Å². The Morgan fingerprint density at radius 2 is 1.69 bits per heavy atom. The lowest BCUT2D eigenvalue weighted by atomic mass is 10.0. The normalized spacial score (nSPS) is 15.8. The molecule has 1 aliphatic heterocycles. The number of H-pyrrole nitrogens is 1. The lowest BCUT2D eigenvalue weighted by molar-refractivity contribution is 0.0724. The van der Waals surface area contributed by atoms with E-state index >= 15 is 0 Å². The molecule has 0 spiro atoms. The van der Waals surface area contributed by atoms with Crippen LogP contribution < -0.4 is 5.49 Å². The first kappa shape index (κ1) is 17.9. The molecule has 1 N–H and O–H groups in total. The SMILES string of the molecule is C/C(=C\N=c1\cccc[nH]1)C(=O)c1ccc(C(=O)N2CCCCC2)cc1. The molecule has 1 amide bonds. The predicted octanol–water partition coefficient (Wildman–Crippen LogP) is 3.33. The molecule has 0 unspecified atom stereocenters. The number of likely N-dealkylation sites (tertiary alicyclic amines) is 1. The number of nitrogens with zero attached hydrogens (tertiary/aromatic N) is 2. The van der Waals surface area contributed by atoms with E-state index in [1.807, 2.05) is 23.1 Å². The van der Waals surface area contributed by atoms with Crippen LogP contribution in [0.2, 0.25) is 0 Å². The molecule has 1 fully saturated rings. The van der Waals surface area contributed by atoms with Gasteiger partial charge in [0.1, 0.15) is 5.49 Å². The summed E-state index contributed by atoms with van der Waals surface area (Å²) >= 11 is 0. The lowest BCUT2D eigenvalue weighted by Gasteiger charge is -2.26. The number of carbonyl (C=O) groups is 2. The predicted molar refractivity (Wildman–Crippen MR) is 101 cm³/mol. The Morgan fingerprint density at radius 1 is 1.00 bits per heavy atom. The number of hydrogen-bond donors (Lipinski definition) is 1. The van der Waals surface area contributed by atoms with Gasteiger partial charge in [0.25, 0.3) is 5.91 Å². The Hall–Kier alpha value is -2.95. The van der Waals surface area contributed by atoms with Crippen LogP contribution >= 0.6 is 0 Å². The van der Waals surface area contributed by atoms with E-state index in [-0.39, 0.29) is 11.7 Å². The zero-order valence-electron chi connectivity index (χ0n) is 14.9. The zero-order chi connectivity index (χ0) is 18.4. The van der Waals surface area contributed by atoms with Crippen LogP contribution in [0.15, 0.2) is 65.4 Å². The minimum atomic E-state index is -0.0957. The summed E-state index contributed by atoms with van der Waals surface area (Å²) in [7, 11) is 0. The molecule has 0 atom stereocenters. The molecule has 5 heteroatoms. The zero-order valence-corrected chi connectivity index (χ0v) is 14.9. The van der Waals surface area contributed by atoms with Crippen LogP contribution in [0.4, 0.5) is 0 Å². The molecule has 2 aromatic rings. The molecule has 0 aliphatic carbocycles. The van der Waals surface area contributed by atoms with Crippen molar-refractivity contribution in [3.63, 3.8) is 0 Å². The number of aromatic amines is 1. The van der Waals surface area contributed by atoms with Gasteiger partial charge >= 0.3 is 0 Å². The summed E-state index contributed by atoms with van der Waals surface area (Å²) in [6.45, 7) is 3.38. The molecule has 5 nitrogen and oxygen atoms in total. The van der Waals surface area contributed by atoms with Crippen LogP contribution in [0.1, 0.15) is 46.9 Å². The van der Waals surface area contributed by atoms with Crippen molar-refractivity contribution in [1.29, 1.82) is 0 Å². The molecule has 0 radical (unpaired) electrons. The van der Waals surface area contributed by atoms with Crippen LogP contribution in [0.25, 0.3) is 0 Å². The maximum Gasteiger partial charge on any atom is 0.253 e. The van der Waals surface area contributed by atoms with E-state index in [2.05, 4.69) is 9.98 Å². The van der Waals surface area contributed by atoms with Crippen molar-refractivity contribution in [3.8, 4) is 0 Å². The van der Waals surface area contributed by atoms with E-state index in [0.29, 0.717) is 22.2 Å². The van der Waals surface area contributed by atoms with Crippen molar-refractivity contribution >= 4 is 11.7 Å². The smallest absolute Gasteiger partial charge is 0.253 e. The van der Waals surface area contributed by atoms with Gasteiger partial charge in [0.05, 0.1) is 0 Å². The topological polar surface area (TPSA) is 65.5 Å². The number of ketones is 1. The van der Waals surface area contributed by atoms with Gasteiger partial charge in [-0.1, -0.05) is 18.2 Å². The number of carbonyl (C=O) groups excluding carboxylic acids is 2. The molecule has 1 aromatic carbocycles. The second kappa shape index (κ2) is 8.43. The highest BCUT2D eigenvalue weighted by atomic mass is 16.2. The van der Waals surface area contributed by atoms with Gasteiger partial charge in [-0.3, -0.25) is 9.59 Å². The van der Waals surface area contributed by atoms with Gasteiger partial charge in [0.15, 0.2) is 5.78 Å². The molecule has 0 bridgehead atoms. The Balaban J connectivity index is 1.71. The van der Waals surface area contributed by atoms with Crippen LogP contribution in [0.3, 0.4) is 0 Å². The Bertz CT molecular complexity index is 855. The van der Waals surface area contributed by atoms with Crippen LogP contribution in [-0.4, -0.2) is 34.7 Å². The molecule has 0 saturated carbocycles. The van der Waals surface area contributed by atoms with Gasteiger partial charge in [-0.05, 0) is 50.5 Å². The van der Waals surface area contributed by atoms with Crippen molar-refractivity contribution < 1.29 is 9.59 Å². The molecule has 1 aromatic heterocycles. The highest BCUT2D eigenvalue weighted by Crippen LogP contribution is 2.15. The Labute approximate surface area is 153 Å². The molecule has 1 aliphatic rings. The Morgan fingerprint density at radius 3 is 2.35 bits per heavy atom. The van der Waals surface area contributed by atoms with E-state index in [1.54, 1.807) is 43.6 Å². The first-order valence-electron chi connectivity index (χ1n) is 8.93. The third-order valence-electron chi connectivity index (χ3n) is 4.49. The quantitative estimate of drug-likeness (QED) is 0.680. The summed E-state index contributed by atoms with van der Waals surface area (Å²) in [5, 5.41) is 0. The number of amides is 1. The minimum Gasteiger partial charge on any atom is -0.347 e. The van der Waals surface area contributed by atoms with Crippen LogP contribution in [0, 0.1) is 0 Å². The summed E-state index contributed by atoms with van der Waals surface area (Å²) < 4.78 is 0. The molecular formula is C21H23N3O2. The lowest BCUT2D eigenvalue weighted by Crippen LogP contribution is -2.35. The number of Topliss-reactive ketones (excluding diaryl/α,β-unsaturated/α-hetero) is 1. The molecule has 1 saturated heterocycles. The fourth-order valence-corrected chi connectivity index (χ4v) is 2.96. The van der Waals surface area contributed by atoms with Gasteiger partial charge in [-0.2, -0.15) is 0 Å². The fourth-order valence-electron chi connectivity index (χ4n) is 2.96. The van der Waals surface area contributed by atoms with E-state index in [0.717, 1.165) is 25.9 Å². The first-order valence-corrected chi connectivity index (χ1v) is 8.93. The summed E-state index contributed by atoms with van der Waals surface area (Å²) in [4.78, 5) is 34.1. The summed E-state index contributed by atoms with van der Waals surface area (Å²) in [5.41, 5.74) is 2.41. The van der Waals surface area contributed by atoms with Crippen LogP contribution in [-0.2, 0) is 0 Å². The van der Waals surface area contributed by atoms with Gasteiger partial charge in [-0.15, -0.1) is 0 Å². The number of hydrogen-bond acceptors (Lipinski definition) is 3. The summed E-state index contributed by atoms with van der Waals surface area (Å²) in [5.74, 6) is -0.0489. The second-order valence-corrected chi connectivity index (χ2v) is 6.45. The average Bonchev–Trinajstić information content (AvgIpc) is 2.72. The minimum absolute atomic E-state index is 0.0468. The average molecular weight is 349 g/mol. The number of piperidine rings is 1. The maximum absolute atomic E-state index is 12.5. The van der Waals surface area contributed by atoms with E-state index in [9.17, 15) is 9.59 Å². The number of allylic oxidation sites excluding steroid dienone is 1. The van der Waals surface area contributed by atoms with E-state index in [4.69, 9.17) is 0 Å². The number of rotatable bonds is 4. The highest BCUT2D eigenvalue weighted by molar-refractivity contribution is 6.08. The van der Waals surface area contributed by atoms with Crippen molar-refractivity contribution in [2.24, 2.45) is 4.99 Å². The standard InChI is InChI=1S/C21H23N3O2/c1-16(15-23-19-7-3-4-12-22-19)20(25)17-8-10-18(11-9-17)21(26)24-13-5-2-6-14-24/h3-4,7-12,15H,2,5-6,13-14H2,1H3,(H,22,23)/b16-15+. The third kappa shape index (κ3) is 4.36. The number of aromatic nitrogens is 1. The van der Waals surface area contributed by atoms with Gasteiger partial charge in [0.2, 0.25) is 0 Å². The van der Waals surface area contributed by atoms with Gasteiger partial charge in [-0.25, -0.2) is 4.99 Å². The van der Waals surface area contributed by atoms with E-state index in [1.165, 1.54) is 6.42 Å². The van der Waals surface area contributed by atoms with Gasteiger partial charge < -0.3 is 9.88 Å². The largest absolute Gasteiger partial charge is 0.347 e. The number of benzene rings is 1. The second-order valence-electron chi connectivity index (χ2n) is 6.45.